The number of rotatable bonds is 4. The van der Waals surface area contributed by atoms with E-state index in [9.17, 15) is 9.18 Å². The molecule has 0 amide bonds. The highest BCUT2D eigenvalue weighted by molar-refractivity contribution is 5.76. The first-order valence-electron chi connectivity index (χ1n) is 4.84. The molecule has 0 saturated heterocycles. The molecule has 4 N–H and O–H groups in total. The van der Waals surface area contributed by atoms with Crippen LogP contribution in [-0.4, -0.2) is 23.7 Å². The zero-order chi connectivity index (χ0) is 12.1. The van der Waals surface area contributed by atoms with Crippen LogP contribution in [0, 0.1) is 0 Å². The van der Waals surface area contributed by atoms with Gasteiger partial charge in [0, 0.05) is 11.8 Å². The lowest BCUT2D eigenvalue weighted by Gasteiger charge is -2.16. The van der Waals surface area contributed by atoms with Crippen LogP contribution >= 0.6 is 0 Å². The second kappa shape index (κ2) is 5.41. The number of carbonyl (C=O) groups is 1. The van der Waals surface area contributed by atoms with E-state index in [4.69, 9.17) is 11.5 Å². The molecule has 0 spiro atoms. The van der Waals surface area contributed by atoms with Crippen LogP contribution in [0.2, 0.25) is 0 Å². The minimum Gasteiger partial charge on any atom is -0.464 e. The Hall–Kier alpha value is -1.69. The molecule has 1 rings (SSSR count). The molecule has 6 heteroatoms. The first-order chi connectivity index (χ1) is 7.57. The molecule has 1 heterocycles. The van der Waals surface area contributed by atoms with Gasteiger partial charge < -0.3 is 16.2 Å². The molecule has 0 aromatic carbocycles. The Morgan fingerprint density at radius 1 is 1.69 bits per heavy atom. The van der Waals surface area contributed by atoms with Crippen molar-refractivity contribution in [3.05, 3.63) is 23.9 Å². The van der Waals surface area contributed by atoms with Crippen LogP contribution in [-0.2, 0) is 9.53 Å². The number of carbonyl (C=O) groups excluding carboxylic acids is 1. The predicted molar refractivity (Wildman–Crippen MR) is 57.1 cm³/mol. The Morgan fingerprint density at radius 2 is 2.38 bits per heavy atom. The number of halogens is 1. The number of anilines is 1. The fourth-order valence-electron chi connectivity index (χ4n) is 1.24. The minimum atomic E-state index is -1.94. The highest BCUT2D eigenvalue weighted by Gasteiger charge is 2.29. The predicted octanol–water partition coefficient (Wildman–Crippen LogP) is 0.565. The summed E-state index contributed by atoms with van der Waals surface area (Å²) in [6.07, 6.45) is -0.477. The first kappa shape index (κ1) is 12.4. The molecular formula is C10H14FN3O2. The highest BCUT2D eigenvalue weighted by atomic mass is 19.1. The normalized spacial score (nSPS) is 14.2. The summed E-state index contributed by atoms with van der Waals surface area (Å²) >= 11 is 0. The summed E-state index contributed by atoms with van der Waals surface area (Å²) < 4.78 is 18.1. The molecule has 0 fully saturated rings. The van der Waals surface area contributed by atoms with Gasteiger partial charge in [-0.25, -0.2) is 14.2 Å². The van der Waals surface area contributed by atoms with Gasteiger partial charge in [0.1, 0.15) is 5.82 Å². The van der Waals surface area contributed by atoms with Crippen LogP contribution in [0.5, 0.6) is 0 Å². The third-order valence-electron chi connectivity index (χ3n) is 2.06. The molecule has 0 aliphatic rings. The van der Waals surface area contributed by atoms with Gasteiger partial charge in [0.2, 0.25) is 6.17 Å². The van der Waals surface area contributed by atoms with Gasteiger partial charge in [-0.15, -0.1) is 0 Å². The summed E-state index contributed by atoms with van der Waals surface area (Å²) in [6.45, 7) is 1.70. The molecule has 0 radical (unpaired) electrons. The lowest BCUT2D eigenvalue weighted by Crippen LogP contribution is -2.32. The quantitative estimate of drug-likeness (QED) is 0.733. The van der Waals surface area contributed by atoms with Crippen LogP contribution in [0.1, 0.15) is 18.5 Å². The summed E-state index contributed by atoms with van der Waals surface area (Å²) in [5, 5.41) is 0. The van der Waals surface area contributed by atoms with Crippen molar-refractivity contribution in [2.24, 2.45) is 5.73 Å². The summed E-state index contributed by atoms with van der Waals surface area (Å²) in [6, 6.07) is 1.94. The third kappa shape index (κ3) is 2.66. The van der Waals surface area contributed by atoms with E-state index in [1.165, 1.54) is 12.3 Å². The Balaban J connectivity index is 2.82. The Kier molecular flexibility index (Phi) is 4.19. The average molecular weight is 227 g/mol. The number of nitrogen functional groups attached to an aromatic ring is 1. The number of nitrogens with two attached hydrogens (primary N) is 2. The SMILES string of the molecule is CCOC(=O)C(F)[C@H](N)c1cccnc1N. The molecule has 16 heavy (non-hydrogen) atoms. The van der Waals surface area contributed by atoms with E-state index in [0.29, 0.717) is 5.56 Å². The van der Waals surface area contributed by atoms with Crippen LogP contribution in [0.3, 0.4) is 0 Å². The molecule has 1 unspecified atom stereocenters. The van der Waals surface area contributed by atoms with E-state index in [2.05, 4.69) is 9.72 Å². The monoisotopic (exact) mass is 227 g/mol. The molecule has 0 saturated carbocycles. The molecule has 1 aromatic rings. The lowest BCUT2D eigenvalue weighted by molar-refractivity contribution is -0.149. The molecule has 1 aromatic heterocycles. The van der Waals surface area contributed by atoms with Crippen molar-refractivity contribution in [2.75, 3.05) is 12.3 Å². The molecule has 0 aliphatic carbocycles. The van der Waals surface area contributed by atoms with Gasteiger partial charge in [0.25, 0.3) is 0 Å². The third-order valence-corrected chi connectivity index (χ3v) is 2.06. The van der Waals surface area contributed by atoms with E-state index in [1.54, 1.807) is 13.0 Å². The molecule has 2 atom stereocenters. The standard InChI is InChI=1S/C10H14FN3O2/c1-2-16-10(15)7(11)8(12)6-4-3-5-14-9(6)13/h3-5,7-8H,2,12H2,1H3,(H2,13,14)/t7?,8-/m1/s1. The number of aromatic nitrogens is 1. The van der Waals surface area contributed by atoms with E-state index in [-0.39, 0.29) is 12.4 Å². The number of esters is 1. The smallest absolute Gasteiger partial charge is 0.342 e. The fraction of sp³-hybridized carbons (Fsp3) is 0.400. The van der Waals surface area contributed by atoms with Crippen molar-refractivity contribution in [1.82, 2.24) is 4.98 Å². The number of alkyl halides is 1. The van der Waals surface area contributed by atoms with Crippen LogP contribution in [0.4, 0.5) is 10.2 Å². The van der Waals surface area contributed by atoms with Gasteiger partial charge in [-0.1, -0.05) is 6.07 Å². The second-order valence-electron chi connectivity index (χ2n) is 3.16. The van der Waals surface area contributed by atoms with Gasteiger partial charge >= 0.3 is 5.97 Å². The van der Waals surface area contributed by atoms with Gasteiger partial charge in [-0.3, -0.25) is 0 Å². The first-order valence-corrected chi connectivity index (χ1v) is 4.84. The number of ether oxygens (including phenoxy) is 1. The van der Waals surface area contributed by atoms with Crippen molar-refractivity contribution in [3.8, 4) is 0 Å². The second-order valence-corrected chi connectivity index (χ2v) is 3.16. The average Bonchev–Trinajstić information content (AvgIpc) is 2.28. The van der Waals surface area contributed by atoms with Gasteiger partial charge in [0.15, 0.2) is 0 Å². The van der Waals surface area contributed by atoms with Crippen LogP contribution < -0.4 is 11.5 Å². The van der Waals surface area contributed by atoms with Gasteiger partial charge in [0.05, 0.1) is 12.6 Å². The van der Waals surface area contributed by atoms with Crippen molar-refractivity contribution in [1.29, 1.82) is 0 Å². The van der Waals surface area contributed by atoms with Crippen LogP contribution in [0.25, 0.3) is 0 Å². The Morgan fingerprint density at radius 3 is 2.94 bits per heavy atom. The van der Waals surface area contributed by atoms with Crippen molar-refractivity contribution in [3.63, 3.8) is 0 Å². The largest absolute Gasteiger partial charge is 0.464 e. The van der Waals surface area contributed by atoms with Crippen molar-refractivity contribution < 1.29 is 13.9 Å². The summed E-state index contributed by atoms with van der Waals surface area (Å²) in [5.41, 5.74) is 11.4. The number of hydrogen-bond donors (Lipinski definition) is 2. The van der Waals surface area contributed by atoms with E-state index < -0.39 is 18.2 Å². The van der Waals surface area contributed by atoms with Crippen molar-refractivity contribution >= 4 is 11.8 Å². The molecular weight excluding hydrogens is 213 g/mol. The Bertz CT molecular complexity index is 373. The summed E-state index contributed by atoms with van der Waals surface area (Å²) in [7, 11) is 0. The molecule has 0 bridgehead atoms. The zero-order valence-corrected chi connectivity index (χ0v) is 8.89. The van der Waals surface area contributed by atoms with Crippen LogP contribution in [0.15, 0.2) is 18.3 Å². The summed E-state index contributed by atoms with van der Waals surface area (Å²) in [5.74, 6) is -0.875. The maximum absolute atomic E-state index is 13.6. The van der Waals surface area contributed by atoms with E-state index >= 15 is 0 Å². The molecule has 88 valence electrons. The fourth-order valence-corrected chi connectivity index (χ4v) is 1.24. The van der Waals surface area contributed by atoms with E-state index in [1.807, 2.05) is 0 Å². The number of hydrogen-bond acceptors (Lipinski definition) is 5. The van der Waals surface area contributed by atoms with Gasteiger partial charge in [-0.05, 0) is 13.0 Å². The summed E-state index contributed by atoms with van der Waals surface area (Å²) in [4.78, 5) is 14.9. The van der Waals surface area contributed by atoms with E-state index in [0.717, 1.165) is 0 Å². The topological polar surface area (TPSA) is 91.2 Å². The molecule has 5 nitrogen and oxygen atoms in total. The maximum Gasteiger partial charge on any atom is 0.342 e. The Labute approximate surface area is 92.6 Å². The van der Waals surface area contributed by atoms with Gasteiger partial charge in [-0.2, -0.15) is 0 Å². The maximum atomic E-state index is 13.6. The van der Waals surface area contributed by atoms with Crippen molar-refractivity contribution in [2.45, 2.75) is 19.1 Å². The highest BCUT2D eigenvalue weighted by Crippen LogP contribution is 2.21. The zero-order valence-electron chi connectivity index (χ0n) is 8.89. The number of pyridine rings is 1. The minimum absolute atomic E-state index is 0.106. The number of nitrogens with zero attached hydrogens (tertiary/aromatic N) is 1. The lowest BCUT2D eigenvalue weighted by atomic mass is 10.0. The molecule has 0 aliphatic heterocycles.